The minimum atomic E-state index is -0.937. The van der Waals surface area contributed by atoms with E-state index in [4.69, 9.17) is 10.00 Å². The van der Waals surface area contributed by atoms with Crippen molar-refractivity contribution in [2.24, 2.45) is 0 Å². The molecule has 5 nitrogen and oxygen atoms in total. The first-order chi connectivity index (χ1) is 11.9. The van der Waals surface area contributed by atoms with E-state index in [0.717, 1.165) is 0 Å². The molecule has 0 aliphatic rings. The summed E-state index contributed by atoms with van der Waals surface area (Å²) in [5, 5.41) is 11.5. The molecule has 0 aliphatic heterocycles. The number of esters is 1. The van der Waals surface area contributed by atoms with Crippen molar-refractivity contribution >= 4 is 17.6 Å². The van der Waals surface area contributed by atoms with E-state index >= 15 is 0 Å². The van der Waals surface area contributed by atoms with Gasteiger partial charge in [-0.05, 0) is 54.8 Å². The number of carbonyl (C=O) groups is 2. The van der Waals surface area contributed by atoms with E-state index in [0.29, 0.717) is 22.7 Å². The molecule has 0 bridgehead atoms. The monoisotopic (exact) mass is 336 g/mol. The van der Waals surface area contributed by atoms with Gasteiger partial charge in [0.1, 0.15) is 0 Å². The largest absolute Gasteiger partial charge is 0.449 e. The fourth-order valence-electron chi connectivity index (χ4n) is 2.16. The molecule has 0 spiro atoms. The lowest BCUT2D eigenvalue weighted by Gasteiger charge is -2.14. The highest BCUT2D eigenvalue weighted by molar-refractivity contribution is 5.97. The molecule has 0 aromatic heterocycles. The normalized spacial score (nSPS) is 11.5. The number of carbonyl (C=O) groups excluding carboxylic acids is 2. The van der Waals surface area contributed by atoms with Gasteiger partial charge in [0.2, 0.25) is 0 Å². The summed E-state index contributed by atoms with van der Waals surface area (Å²) in [6.07, 6.45) is -0.937. The van der Waals surface area contributed by atoms with Crippen LogP contribution in [0, 0.1) is 11.3 Å². The molecule has 0 radical (unpaired) electrons. The number of rotatable bonds is 5. The maximum absolute atomic E-state index is 12.2. The van der Waals surface area contributed by atoms with Gasteiger partial charge in [0, 0.05) is 5.69 Å². The van der Waals surface area contributed by atoms with E-state index in [9.17, 15) is 9.59 Å². The smallest absolute Gasteiger partial charge is 0.338 e. The minimum Gasteiger partial charge on any atom is -0.449 e. The molecular weight excluding hydrogens is 316 g/mol. The molecule has 0 unspecified atom stereocenters. The summed E-state index contributed by atoms with van der Waals surface area (Å²) in [5.41, 5.74) is 2.57. The number of hydrogen-bond donors (Lipinski definition) is 1. The Morgan fingerprint density at radius 3 is 2.12 bits per heavy atom. The molecule has 0 fully saturated rings. The van der Waals surface area contributed by atoms with Gasteiger partial charge in [-0.1, -0.05) is 26.0 Å². The molecular formula is C20H20N2O3. The second kappa shape index (κ2) is 8.11. The Bertz CT molecular complexity index is 787. The number of ether oxygens (including phenoxy) is 1. The highest BCUT2D eigenvalue weighted by Gasteiger charge is 2.19. The number of anilines is 1. The fraction of sp³-hybridized carbons (Fsp3) is 0.250. The molecule has 0 saturated carbocycles. The zero-order chi connectivity index (χ0) is 18.4. The first kappa shape index (κ1) is 18.2. The Kier molecular flexibility index (Phi) is 5.91. The molecule has 0 saturated heterocycles. The van der Waals surface area contributed by atoms with Crippen molar-refractivity contribution in [2.45, 2.75) is 32.8 Å². The molecule has 5 heteroatoms. The van der Waals surface area contributed by atoms with Crippen molar-refractivity contribution in [3.63, 3.8) is 0 Å². The number of benzene rings is 2. The van der Waals surface area contributed by atoms with Crippen LogP contribution in [0.25, 0.3) is 0 Å². The lowest BCUT2D eigenvalue weighted by molar-refractivity contribution is -0.123. The van der Waals surface area contributed by atoms with E-state index in [2.05, 4.69) is 19.2 Å². The van der Waals surface area contributed by atoms with Crippen LogP contribution in [0.3, 0.4) is 0 Å². The Morgan fingerprint density at radius 2 is 1.60 bits per heavy atom. The molecule has 0 aliphatic carbocycles. The van der Waals surface area contributed by atoms with Gasteiger partial charge in [0.25, 0.3) is 5.91 Å². The molecule has 1 amide bonds. The second-order valence-electron chi connectivity index (χ2n) is 6.00. The van der Waals surface area contributed by atoms with Crippen molar-refractivity contribution in [3.05, 3.63) is 65.2 Å². The standard InChI is InChI=1S/C20H20N2O3/c1-13(2)16-8-10-18(11-9-16)22-19(23)14(3)25-20(24)17-6-4-15(12-21)5-7-17/h4-11,13-14H,1-3H3,(H,22,23)/t14-/m0/s1. The summed E-state index contributed by atoms with van der Waals surface area (Å²) in [6.45, 7) is 5.70. The Balaban J connectivity index is 1.94. The van der Waals surface area contributed by atoms with Crippen LogP contribution in [0.1, 0.15) is 48.2 Å². The summed E-state index contributed by atoms with van der Waals surface area (Å²) in [4.78, 5) is 24.2. The van der Waals surface area contributed by atoms with Crippen LogP contribution in [-0.4, -0.2) is 18.0 Å². The van der Waals surface area contributed by atoms with Crippen molar-refractivity contribution in [1.82, 2.24) is 0 Å². The first-order valence-corrected chi connectivity index (χ1v) is 8.02. The summed E-state index contributed by atoms with van der Waals surface area (Å²) >= 11 is 0. The highest BCUT2D eigenvalue weighted by atomic mass is 16.5. The molecule has 0 heterocycles. The number of nitriles is 1. The van der Waals surface area contributed by atoms with E-state index < -0.39 is 18.0 Å². The van der Waals surface area contributed by atoms with Crippen LogP contribution in [0.15, 0.2) is 48.5 Å². The third-order valence-corrected chi connectivity index (χ3v) is 3.75. The molecule has 128 valence electrons. The minimum absolute atomic E-state index is 0.292. The summed E-state index contributed by atoms with van der Waals surface area (Å²) in [6, 6.07) is 15.6. The van der Waals surface area contributed by atoms with Gasteiger partial charge in [-0.2, -0.15) is 5.26 Å². The second-order valence-corrected chi connectivity index (χ2v) is 6.00. The van der Waals surface area contributed by atoms with Gasteiger partial charge in [-0.15, -0.1) is 0 Å². The van der Waals surface area contributed by atoms with E-state index in [-0.39, 0.29) is 0 Å². The molecule has 25 heavy (non-hydrogen) atoms. The number of nitrogens with one attached hydrogen (secondary N) is 1. The van der Waals surface area contributed by atoms with Gasteiger partial charge in [-0.25, -0.2) is 4.79 Å². The Hall–Kier alpha value is -3.13. The summed E-state index contributed by atoms with van der Waals surface area (Å²) in [5.74, 6) is -0.598. The van der Waals surface area contributed by atoms with Gasteiger partial charge in [-0.3, -0.25) is 4.79 Å². The van der Waals surface area contributed by atoms with Gasteiger partial charge in [0.15, 0.2) is 6.10 Å². The van der Waals surface area contributed by atoms with Crippen molar-refractivity contribution in [2.75, 3.05) is 5.32 Å². The molecule has 2 aromatic rings. The predicted molar refractivity (Wildman–Crippen MR) is 95.2 cm³/mol. The number of nitrogens with zero attached hydrogens (tertiary/aromatic N) is 1. The zero-order valence-electron chi connectivity index (χ0n) is 14.4. The number of amides is 1. The molecule has 1 N–H and O–H groups in total. The van der Waals surface area contributed by atoms with Gasteiger partial charge in [0.05, 0.1) is 17.2 Å². The average molecular weight is 336 g/mol. The quantitative estimate of drug-likeness (QED) is 0.841. The van der Waals surface area contributed by atoms with Crippen LogP contribution in [0.2, 0.25) is 0 Å². The topological polar surface area (TPSA) is 79.2 Å². The van der Waals surface area contributed by atoms with Crippen LogP contribution in [0.4, 0.5) is 5.69 Å². The van der Waals surface area contributed by atoms with Crippen LogP contribution in [-0.2, 0) is 9.53 Å². The first-order valence-electron chi connectivity index (χ1n) is 8.02. The number of hydrogen-bond acceptors (Lipinski definition) is 4. The van der Waals surface area contributed by atoms with Crippen LogP contribution >= 0.6 is 0 Å². The van der Waals surface area contributed by atoms with E-state index in [1.165, 1.54) is 36.8 Å². The maximum Gasteiger partial charge on any atom is 0.338 e. The predicted octanol–water partition coefficient (Wildman–Crippen LogP) is 3.87. The van der Waals surface area contributed by atoms with E-state index in [1.54, 1.807) is 0 Å². The molecule has 1 atom stereocenters. The van der Waals surface area contributed by atoms with Crippen LogP contribution < -0.4 is 5.32 Å². The van der Waals surface area contributed by atoms with Gasteiger partial charge >= 0.3 is 5.97 Å². The average Bonchev–Trinajstić information content (AvgIpc) is 2.62. The third-order valence-electron chi connectivity index (χ3n) is 3.75. The summed E-state index contributed by atoms with van der Waals surface area (Å²) < 4.78 is 5.17. The van der Waals surface area contributed by atoms with Crippen LogP contribution in [0.5, 0.6) is 0 Å². The van der Waals surface area contributed by atoms with Crippen molar-refractivity contribution < 1.29 is 14.3 Å². The molecule has 2 rings (SSSR count). The van der Waals surface area contributed by atoms with E-state index in [1.807, 2.05) is 30.3 Å². The Labute approximate surface area is 147 Å². The highest BCUT2D eigenvalue weighted by Crippen LogP contribution is 2.17. The zero-order valence-corrected chi connectivity index (χ0v) is 14.4. The summed E-state index contributed by atoms with van der Waals surface area (Å²) in [7, 11) is 0. The Morgan fingerprint density at radius 1 is 1.00 bits per heavy atom. The van der Waals surface area contributed by atoms with Crippen molar-refractivity contribution in [1.29, 1.82) is 5.26 Å². The van der Waals surface area contributed by atoms with Gasteiger partial charge < -0.3 is 10.1 Å². The lowest BCUT2D eigenvalue weighted by atomic mass is 10.0. The van der Waals surface area contributed by atoms with Crippen molar-refractivity contribution in [3.8, 4) is 6.07 Å². The maximum atomic E-state index is 12.2. The lowest BCUT2D eigenvalue weighted by Crippen LogP contribution is -2.30. The third kappa shape index (κ3) is 4.92. The molecule has 2 aromatic carbocycles. The fourth-order valence-corrected chi connectivity index (χ4v) is 2.16. The SMILES string of the molecule is CC(C)c1ccc(NC(=O)[C@H](C)OC(=O)c2ccc(C#N)cc2)cc1.